The van der Waals surface area contributed by atoms with Gasteiger partial charge in [0.1, 0.15) is 0 Å². The lowest BCUT2D eigenvalue weighted by Gasteiger charge is -2.00. The summed E-state index contributed by atoms with van der Waals surface area (Å²) < 4.78 is 0. The molecule has 0 atom stereocenters. The van der Waals surface area contributed by atoms with Crippen molar-refractivity contribution in [1.82, 2.24) is 29.9 Å². The Morgan fingerprint density at radius 1 is 0.300 bits per heavy atom. The van der Waals surface area contributed by atoms with E-state index in [0.29, 0.717) is 0 Å². The highest BCUT2D eigenvalue weighted by atomic mass is 15.1. The maximum absolute atomic E-state index is 7.25. The zero-order valence-electron chi connectivity index (χ0n) is 14.4. The number of aromatic nitrogens is 6. The summed E-state index contributed by atoms with van der Waals surface area (Å²) in [7, 11) is 0. The van der Waals surface area contributed by atoms with Crippen LogP contribution in [0.1, 0.15) is 0 Å². The fourth-order valence-corrected chi connectivity index (χ4v) is 2.69. The highest BCUT2D eigenvalue weighted by Gasteiger charge is 2.33. The van der Waals surface area contributed by atoms with E-state index in [-0.39, 0.29) is 68.0 Å². The average molecular weight is 384 g/mol. The van der Waals surface area contributed by atoms with Gasteiger partial charge in [0.2, 0.25) is 0 Å². The highest BCUT2D eigenvalue weighted by molar-refractivity contribution is 6.19. The zero-order valence-corrected chi connectivity index (χ0v) is 14.4. The van der Waals surface area contributed by atoms with E-state index in [1.165, 1.54) is 0 Å². The zero-order chi connectivity index (χ0) is 21.4. The third-order valence-electron chi connectivity index (χ3n) is 3.89. The second kappa shape index (κ2) is 6.41. The molecule has 3 heterocycles. The SMILES string of the molecule is [C-]#[N+]c1nc2c3nc([N+]#[C-])c([N+]#[C-])nc3c3nc([N+]#[C-])c([N+]#[C-])nc3c2nc1[N+]#[C-]. The molecule has 0 amide bonds. The molecular formula is C18N12. The van der Waals surface area contributed by atoms with Gasteiger partial charge in [-0.25, -0.2) is 0 Å². The van der Waals surface area contributed by atoms with Gasteiger partial charge in [-0.15, -0.1) is 29.9 Å². The molecule has 0 saturated heterocycles. The first-order valence-electron chi connectivity index (χ1n) is 7.62. The number of hydrogen-bond donors (Lipinski definition) is 0. The molecular weight excluding hydrogens is 384 g/mol. The molecule has 0 aliphatic heterocycles. The Hall–Kier alpha value is -5.82. The smallest absolute Gasteiger partial charge is 0.294 e. The van der Waals surface area contributed by atoms with Crippen molar-refractivity contribution in [1.29, 1.82) is 0 Å². The Labute approximate surface area is 167 Å². The van der Waals surface area contributed by atoms with Crippen LogP contribution in [0.25, 0.3) is 62.2 Å². The van der Waals surface area contributed by atoms with Crippen LogP contribution in [0.2, 0.25) is 0 Å². The van der Waals surface area contributed by atoms with E-state index >= 15 is 0 Å². The summed E-state index contributed by atoms with van der Waals surface area (Å²) in [6, 6.07) is 0. The molecule has 0 aliphatic carbocycles. The molecule has 12 nitrogen and oxygen atoms in total. The van der Waals surface area contributed by atoms with Crippen molar-refractivity contribution in [2.45, 2.75) is 0 Å². The standard InChI is InChI=1S/C18N12/c1-19-13-14(20-2)26-8-7(25-13)9-11(29-16(22-4)15(21-3)27-9)12-10(8)28-17(23-5)18(24-6)30-12. The highest BCUT2D eigenvalue weighted by Crippen LogP contribution is 2.39. The molecule has 0 unspecified atom stereocenters. The van der Waals surface area contributed by atoms with Gasteiger partial charge in [0.05, 0.1) is 0 Å². The summed E-state index contributed by atoms with van der Waals surface area (Å²) in [6.45, 7) is 43.5. The van der Waals surface area contributed by atoms with Gasteiger partial charge in [-0.3, -0.25) is 0 Å². The molecule has 1 aromatic carbocycles. The van der Waals surface area contributed by atoms with Crippen LogP contribution in [-0.4, -0.2) is 29.9 Å². The molecule has 0 fully saturated rings. The lowest BCUT2D eigenvalue weighted by Crippen LogP contribution is -1.97. The third-order valence-corrected chi connectivity index (χ3v) is 3.89. The summed E-state index contributed by atoms with van der Waals surface area (Å²) >= 11 is 0. The molecule has 30 heavy (non-hydrogen) atoms. The largest absolute Gasteiger partial charge is 0.370 e. The minimum Gasteiger partial charge on any atom is -0.370 e. The molecule has 132 valence electrons. The van der Waals surface area contributed by atoms with Crippen molar-refractivity contribution < 1.29 is 0 Å². The quantitative estimate of drug-likeness (QED) is 0.318. The average Bonchev–Trinajstić information content (AvgIpc) is 2.81. The summed E-state index contributed by atoms with van der Waals surface area (Å²) in [5, 5.41) is 0. The number of hydrogen-bond acceptors (Lipinski definition) is 6. The van der Waals surface area contributed by atoms with E-state index < -0.39 is 0 Å². The van der Waals surface area contributed by atoms with Crippen molar-refractivity contribution in [3.63, 3.8) is 0 Å². The Kier molecular flexibility index (Phi) is 3.76. The lowest BCUT2D eigenvalue weighted by molar-refractivity contribution is 1.28. The fourth-order valence-electron chi connectivity index (χ4n) is 2.69. The number of rotatable bonds is 0. The van der Waals surface area contributed by atoms with Crippen LogP contribution in [-0.2, 0) is 0 Å². The van der Waals surface area contributed by atoms with E-state index in [2.05, 4.69) is 59.0 Å². The third kappa shape index (κ3) is 2.27. The first-order valence-corrected chi connectivity index (χ1v) is 7.62. The minimum atomic E-state index is -0.283. The van der Waals surface area contributed by atoms with Gasteiger partial charge >= 0.3 is 0 Å². The first kappa shape index (κ1) is 17.6. The molecule has 12 heteroatoms. The van der Waals surface area contributed by atoms with Crippen LogP contribution in [0, 0.1) is 39.4 Å². The number of benzene rings is 1. The van der Waals surface area contributed by atoms with E-state index in [4.69, 9.17) is 39.4 Å². The minimum absolute atomic E-state index is 0.0191. The predicted octanol–water partition coefficient (Wildman–Crippen LogP) is 4.82. The molecule has 0 saturated carbocycles. The Morgan fingerprint density at radius 2 is 0.433 bits per heavy atom. The van der Waals surface area contributed by atoms with Crippen LogP contribution in [0.4, 0.5) is 34.9 Å². The molecule has 3 aromatic heterocycles. The maximum Gasteiger partial charge on any atom is 0.294 e. The van der Waals surface area contributed by atoms with Gasteiger partial charge < -0.3 is 29.1 Å². The van der Waals surface area contributed by atoms with Crippen LogP contribution < -0.4 is 0 Å². The van der Waals surface area contributed by atoms with E-state index in [9.17, 15) is 0 Å². The van der Waals surface area contributed by atoms with Gasteiger partial charge in [-0.05, 0) is 0 Å². The van der Waals surface area contributed by atoms with Crippen molar-refractivity contribution in [3.05, 3.63) is 68.5 Å². The normalized spacial score (nSPS) is 9.80. The van der Waals surface area contributed by atoms with Gasteiger partial charge in [-0.1, -0.05) is 39.4 Å². The molecule has 0 spiro atoms. The van der Waals surface area contributed by atoms with Crippen LogP contribution in [0.5, 0.6) is 0 Å². The Balaban J connectivity index is 2.42. The second-order valence-electron chi connectivity index (χ2n) is 5.37. The topological polar surface area (TPSA) is 104 Å². The van der Waals surface area contributed by atoms with Gasteiger partial charge in [0.15, 0.2) is 0 Å². The number of fused-ring (bicyclic) bond motifs is 6. The first-order chi connectivity index (χ1) is 14.6. The lowest BCUT2D eigenvalue weighted by atomic mass is 10.2. The van der Waals surface area contributed by atoms with E-state index in [1.807, 2.05) is 0 Å². The van der Waals surface area contributed by atoms with Crippen LogP contribution >= 0.6 is 0 Å². The summed E-state index contributed by atoms with van der Waals surface area (Å²) in [5.41, 5.74) is 0.115. The van der Waals surface area contributed by atoms with Crippen molar-refractivity contribution in [2.75, 3.05) is 0 Å². The van der Waals surface area contributed by atoms with Crippen molar-refractivity contribution in [3.8, 4) is 0 Å². The predicted molar refractivity (Wildman–Crippen MR) is 103 cm³/mol. The van der Waals surface area contributed by atoms with Crippen molar-refractivity contribution >= 4 is 68.0 Å². The van der Waals surface area contributed by atoms with Crippen molar-refractivity contribution in [2.24, 2.45) is 0 Å². The monoisotopic (exact) mass is 384 g/mol. The summed E-state index contributed by atoms with van der Waals surface area (Å²) in [6.07, 6.45) is 0. The van der Waals surface area contributed by atoms with Crippen LogP contribution in [0.3, 0.4) is 0 Å². The molecule has 4 rings (SSSR count). The second-order valence-corrected chi connectivity index (χ2v) is 5.37. The van der Waals surface area contributed by atoms with Gasteiger partial charge in [0, 0.05) is 0 Å². The summed E-state index contributed by atoms with van der Waals surface area (Å²) in [4.78, 5) is 44.1. The molecule has 0 radical (unpaired) electrons. The Morgan fingerprint density at radius 3 is 0.533 bits per heavy atom. The van der Waals surface area contributed by atoms with Gasteiger partial charge in [0.25, 0.3) is 68.0 Å². The molecule has 4 aromatic rings. The fraction of sp³-hybridized carbons (Fsp3) is 0. The maximum atomic E-state index is 7.25. The molecule has 0 bridgehead atoms. The molecule has 0 aliphatic rings. The summed E-state index contributed by atoms with van der Waals surface area (Å²) in [5.74, 6) is -1.70. The van der Waals surface area contributed by atoms with E-state index in [1.54, 1.807) is 0 Å². The van der Waals surface area contributed by atoms with Gasteiger partial charge in [-0.2, -0.15) is 0 Å². The van der Waals surface area contributed by atoms with Crippen LogP contribution in [0.15, 0.2) is 0 Å². The van der Waals surface area contributed by atoms with E-state index in [0.717, 1.165) is 0 Å². The Bertz CT molecular complexity index is 1350. The molecule has 0 N–H and O–H groups in total. The number of nitrogens with zero attached hydrogens (tertiary/aromatic N) is 12.